The lowest BCUT2D eigenvalue weighted by Crippen LogP contribution is -2.26. The van der Waals surface area contributed by atoms with Gasteiger partial charge in [-0.05, 0) is 61.4 Å². The van der Waals surface area contributed by atoms with Gasteiger partial charge in [0.2, 0.25) is 11.1 Å². The first-order chi connectivity index (χ1) is 14.8. The molecule has 1 aliphatic carbocycles. The average molecular weight is 429 g/mol. The first-order valence-electron chi connectivity index (χ1n) is 9.95. The molecule has 3 N–H and O–H groups in total. The molecule has 5 rings (SSSR count). The Kier molecular flexibility index (Phi) is 4.51. The maximum atomic E-state index is 15.1. The molecular weight excluding hydrogens is 411 g/mol. The number of nitrogens with one attached hydrogen (secondary N) is 1. The Balaban J connectivity index is 1.88. The first kappa shape index (κ1) is 19.6. The van der Waals surface area contributed by atoms with E-state index < -0.39 is 28.4 Å². The zero-order valence-electron chi connectivity index (χ0n) is 16.3. The summed E-state index contributed by atoms with van der Waals surface area (Å²) in [6.07, 6.45) is 2.85. The van der Waals surface area contributed by atoms with E-state index in [0.29, 0.717) is 24.5 Å². The Morgan fingerprint density at radius 2 is 1.74 bits per heavy atom. The van der Waals surface area contributed by atoms with Crippen LogP contribution >= 0.6 is 0 Å². The van der Waals surface area contributed by atoms with Crippen molar-refractivity contribution >= 4 is 22.0 Å². The number of fused-ring (bicyclic) bond motifs is 2. The molecule has 2 aromatic heterocycles. The van der Waals surface area contributed by atoms with Crippen molar-refractivity contribution in [1.82, 2.24) is 9.72 Å². The van der Waals surface area contributed by atoms with Crippen molar-refractivity contribution < 1.29 is 17.7 Å². The lowest BCUT2D eigenvalue weighted by atomic mass is 9.81. The van der Waals surface area contributed by atoms with E-state index in [2.05, 4.69) is 5.16 Å². The molecule has 2 aromatic carbocycles. The van der Waals surface area contributed by atoms with Gasteiger partial charge in [0.1, 0.15) is 17.5 Å². The highest BCUT2D eigenvalue weighted by atomic mass is 19.1. The lowest BCUT2D eigenvalue weighted by Gasteiger charge is -2.27. The van der Waals surface area contributed by atoms with Crippen molar-refractivity contribution in [1.29, 1.82) is 0 Å². The number of hydrogen-bond acceptors (Lipinski definition) is 4. The maximum absolute atomic E-state index is 15.1. The summed E-state index contributed by atoms with van der Waals surface area (Å²) < 4.78 is 49.7. The number of hydrogen-bond donors (Lipinski definition) is 2. The minimum atomic E-state index is -0.926. The Labute approximate surface area is 173 Å². The fourth-order valence-electron chi connectivity index (χ4n) is 4.49. The summed E-state index contributed by atoms with van der Waals surface area (Å²) in [5, 5.41) is 1.61. The smallest absolute Gasteiger partial charge is 0.293 e. The number of benzene rings is 2. The first-order valence-corrected chi connectivity index (χ1v) is 9.95. The van der Waals surface area contributed by atoms with E-state index in [9.17, 15) is 18.4 Å². The number of nitrogens with two attached hydrogens (primary N) is 1. The number of halogens is 3. The highest BCUT2D eigenvalue weighted by Crippen LogP contribution is 2.36. The van der Waals surface area contributed by atoms with Crippen molar-refractivity contribution in [2.75, 3.05) is 0 Å². The van der Waals surface area contributed by atoms with Crippen LogP contribution in [0.1, 0.15) is 37.2 Å². The normalized spacial score (nSPS) is 19.4. The van der Waals surface area contributed by atoms with E-state index in [1.807, 2.05) is 0 Å². The van der Waals surface area contributed by atoms with Crippen LogP contribution < -0.4 is 16.7 Å². The van der Waals surface area contributed by atoms with Gasteiger partial charge in [-0.3, -0.25) is 14.2 Å². The predicted molar refractivity (Wildman–Crippen MR) is 109 cm³/mol. The van der Waals surface area contributed by atoms with Gasteiger partial charge in [-0.1, -0.05) is 0 Å². The number of nitrogens with zero attached hydrogens (tertiary/aromatic N) is 1. The third kappa shape index (κ3) is 3.07. The van der Waals surface area contributed by atoms with E-state index in [1.165, 1.54) is 16.7 Å². The molecule has 0 atom stereocenters. The molecule has 0 aliphatic heterocycles. The van der Waals surface area contributed by atoms with Crippen LogP contribution in [0.3, 0.4) is 0 Å². The van der Waals surface area contributed by atoms with Crippen LogP contribution in [0.15, 0.2) is 44.4 Å². The van der Waals surface area contributed by atoms with Crippen LogP contribution in [0, 0.1) is 17.5 Å². The molecule has 2 heterocycles. The summed E-state index contributed by atoms with van der Waals surface area (Å²) in [5.41, 5.74) is 4.60. The van der Waals surface area contributed by atoms with Crippen LogP contribution in [0.5, 0.6) is 0 Å². The number of pyridine rings is 1. The Hall–Kier alpha value is -3.33. The third-order valence-electron chi connectivity index (χ3n) is 6.07. The highest BCUT2D eigenvalue weighted by molar-refractivity contribution is 5.93. The fraction of sp³-hybridized carbons (Fsp3) is 0.273. The lowest BCUT2D eigenvalue weighted by molar-refractivity contribution is 0.387. The Bertz CT molecular complexity index is 1450. The molecule has 1 saturated carbocycles. The molecule has 1 aliphatic rings. The molecule has 4 aromatic rings. The van der Waals surface area contributed by atoms with Gasteiger partial charge < -0.3 is 10.3 Å². The fourth-order valence-corrected chi connectivity index (χ4v) is 4.49. The molecular formula is C22H18F3N3O3. The standard InChI is InChI=1S/C22H18F3N3O3/c23-11-3-6-17(16(25)7-11)28-18-9-13(10-1-4-12(26)5-2-10)15(24)8-14(18)20(29)19-21(30)27-31-22(19)28/h3,6-10,12H,1-2,4-5,26H2,(H,27,30). The molecule has 0 unspecified atom stereocenters. The van der Waals surface area contributed by atoms with Gasteiger partial charge in [0.15, 0.2) is 5.39 Å². The maximum Gasteiger partial charge on any atom is 0.293 e. The molecule has 160 valence electrons. The van der Waals surface area contributed by atoms with Gasteiger partial charge in [0, 0.05) is 12.1 Å². The van der Waals surface area contributed by atoms with Crippen molar-refractivity contribution in [2.45, 2.75) is 37.6 Å². The SMILES string of the molecule is NC1CCC(c2cc3c(cc2F)c(=O)c2c(=O)[nH]oc2n3-c2ccc(F)cc2F)CC1. The van der Waals surface area contributed by atoms with Crippen LogP contribution in [-0.2, 0) is 0 Å². The zero-order chi connectivity index (χ0) is 21.9. The van der Waals surface area contributed by atoms with E-state index in [0.717, 1.165) is 25.0 Å². The van der Waals surface area contributed by atoms with E-state index in [-0.39, 0.29) is 39.6 Å². The number of aromatic amines is 1. The molecule has 0 amide bonds. The van der Waals surface area contributed by atoms with Crippen LogP contribution in [0.25, 0.3) is 27.7 Å². The largest absolute Gasteiger partial charge is 0.359 e. The molecule has 0 bridgehead atoms. The topological polar surface area (TPSA) is 94.0 Å². The summed E-state index contributed by atoms with van der Waals surface area (Å²) in [6.45, 7) is 0. The number of aromatic nitrogens is 2. The second-order valence-corrected chi connectivity index (χ2v) is 7.98. The molecule has 6 nitrogen and oxygen atoms in total. The van der Waals surface area contributed by atoms with Crippen molar-refractivity contribution in [3.63, 3.8) is 0 Å². The number of H-pyrrole nitrogens is 1. The van der Waals surface area contributed by atoms with Gasteiger partial charge in [-0.15, -0.1) is 0 Å². The Morgan fingerprint density at radius 1 is 1.00 bits per heavy atom. The third-order valence-corrected chi connectivity index (χ3v) is 6.07. The second kappa shape index (κ2) is 7.12. The summed E-state index contributed by atoms with van der Waals surface area (Å²) in [4.78, 5) is 25.1. The molecule has 0 saturated heterocycles. The number of rotatable bonds is 2. The quantitative estimate of drug-likeness (QED) is 0.507. The minimum absolute atomic E-state index is 0.0695. The summed E-state index contributed by atoms with van der Waals surface area (Å²) in [5.74, 6) is -2.40. The Morgan fingerprint density at radius 3 is 2.45 bits per heavy atom. The van der Waals surface area contributed by atoms with Gasteiger partial charge in [0.05, 0.1) is 16.6 Å². The average Bonchev–Trinajstić information content (AvgIpc) is 3.12. The summed E-state index contributed by atoms with van der Waals surface area (Å²) >= 11 is 0. The molecule has 9 heteroatoms. The molecule has 31 heavy (non-hydrogen) atoms. The van der Waals surface area contributed by atoms with Crippen LogP contribution in [0.2, 0.25) is 0 Å². The van der Waals surface area contributed by atoms with Gasteiger partial charge >= 0.3 is 0 Å². The van der Waals surface area contributed by atoms with Crippen LogP contribution in [-0.4, -0.2) is 15.8 Å². The molecule has 0 spiro atoms. The molecule has 1 fully saturated rings. The second-order valence-electron chi connectivity index (χ2n) is 7.98. The predicted octanol–water partition coefficient (Wildman–Crippen LogP) is 3.83. The van der Waals surface area contributed by atoms with Crippen LogP contribution in [0.4, 0.5) is 13.2 Å². The van der Waals surface area contributed by atoms with Crippen molar-refractivity contribution in [3.8, 4) is 5.69 Å². The molecule has 0 radical (unpaired) electrons. The van der Waals surface area contributed by atoms with Crippen molar-refractivity contribution in [2.24, 2.45) is 5.73 Å². The summed E-state index contributed by atoms with van der Waals surface area (Å²) in [6, 6.07) is 5.53. The van der Waals surface area contributed by atoms with E-state index in [4.69, 9.17) is 10.3 Å². The van der Waals surface area contributed by atoms with Gasteiger partial charge in [-0.25, -0.2) is 13.2 Å². The van der Waals surface area contributed by atoms with Gasteiger partial charge in [-0.2, -0.15) is 5.16 Å². The highest BCUT2D eigenvalue weighted by Gasteiger charge is 2.26. The minimum Gasteiger partial charge on any atom is -0.359 e. The monoisotopic (exact) mass is 429 g/mol. The van der Waals surface area contributed by atoms with E-state index >= 15 is 4.39 Å². The van der Waals surface area contributed by atoms with Crippen molar-refractivity contribution in [3.05, 3.63) is 73.9 Å². The van der Waals surface area contributed by atoms with Gasteiger partial charge in [0.25, 0.3) is 5.56 Å². The van der Waals surface area contributed by atoms with E-state index in [1.54, 1.807) is 0 Å². The zero-order valence-corrected chi connectivity index (χ0v) is 16.3. The summed E-state index contributed by atoms with van der Waals surface area (Å²) in [7, 11) is 0.